The monoisotopic (exact) mass is 293 g/mol. The van der Waals surface area contributed by atoms with Crippen molar-refractivity contribution in [3.05, 3.63) is 40.9 Å². The van der Waals surface area contributed by atoms with E-state index in [1.165, 1.54) is 16.9 Å². The quantitative estimate of drug-likeness (QED) is 0.729. The first-order valence-electron chi connectivity index (χ1n) is 6.39. The minimum absolute atomic E-state index is 0.570. The number of ether oxygens (including phenoxy) is 2. The lowest BCUT2D eigenvalue weighted by Gasteiger charge is -2.07. The minimum Gasteiger partial charge on any atom is -0.491 e. The Kier molecular flexibility index (Phi) is 5.79. The summed E-state index contributed by atoms with van der Waals surface area (Å²) >= 11 is 1.51. The smallest absolute Gasteiger partial charge is 0.180 e. The van der Waals surface area contributed by atoms with Crippen molar-refractivity contribution < 1.29 is 9.47 Å². The molecule has 1 aromatic carbocycles. The van der Waals surface area contributed by atoms with Crippen LogP contribution in [-0.4, -0.2) is 25.3 Å². The van der Waals surface area contributed by atoms with Crippen LogP contribution < -0.4 is 15.8 Å². The maximum absolute atomic E-state index is 5.58. The standard InChI is InChI=1S/C14H19N3O2S/c1-18-6-7-19-12-4-2-11(3-5-12)8-16-9-13-10-17-14(15)20-13/h2-5,10,16H,6-9H2,1H3,(H2,15,17). The molecule has 0 fully saturated rings. The van der Waals surface area contributed by atoms with E-state index in [1.54, 1.807) is 13.3 Å². The number of nitrogens with zero attached hydrogens (tertiary/aromatic N) is 1. The van der Waals surface area contributed by atoms with E-state index in [0.717, 1.165) is 23.7 Å². The van der Waals surface area contributed by atoms with Crippen molar-refractivity contribution in [2.45, 2.75) is 13.1 Å². The molecule has 3 N–H and O–H groups in total. The Balaban J connectivity index is 1.73. The largest absolute Gasteiger partial charge is 0.491 e. The fraction of sp³-hybridized carbons (Fsp3) is 0.357. The fourth-order valence-corrected chi connectivity index (χ4v) is 2.33. The summed E-state index contributed by atoms with van der Waals surface area (Å²) in [7, 11) is 1.66. The molecular weight excluding hydrogens is 274 g/mol. The van der Waals surface area contributed by atoms with Gasteiger partial charge in [0, 0.05) is 31.3 Å². The number of nitrogens with one attached hydrogen (secondary N) is 1. The van der Waals surface area contributed by atoms with Gasteiger partial charge in [0.1, 0.15) is 12.4 Å². The lowest BCUT2D eigenvalue weighted by atomic mass is 10.2. The zero-order valence-electron chi connectivity index (χ0n) is 11.5. The second kappa shape index (κ2) is 7.84. The van der Waals surface area contributed by atoms with Crippen LogP contribution in [0.4, 0.5) is 5.13 Å². The second-order valence-corrected chi connectivity index (χ2v) is 5.40. The van der Waals surface area contributed by atoms with Crippen molar-refractivity contribution in [2.75, 3.05) is 26.1 Å². The van der Waals surface area contributed by atoms with Crippen LogP contribution in [0.3, 0.4) is 0 Å². The molecular formula is C14H19N3O2S. The predicted octanol–water partition coefficient (Wildman–Crippen LogP) is 2.04. The summed E-state index contributed by atoms with van der Waals surface area (Å²) in [6, 6.07) is 8.04. The highest BCUT2D eigenvalue weighted by molar-refractivity contribution is 7.15. The van der Waals surface area contributed by atoms with Gasteiger partial charge in [0.15, 0.2) is 5.13 Å². The molecule has 0 spiro atoms. The molecule has 2 rings (SSSR count). The van der Waals surface area contributed by atoms with Crippen LogP contribution in [0, 0.1) is 0 Å². The highest BCUT2D eigenvalue weighted by Crippen LogP contribution is 2.15. The van der Waals surface area contributed by atoms with Gasteiger partial charge in [-0.15, -0.1) is 11.3 Å². The maximum Gasteiger partial charge on any atom is 0.180 e. The SMILES string of the molecule is COCCOc1ccc(CNCc2cnc(N)s2)cc1. The summed E-state index contributed by atoms with van der Waals surface area (Å²) in [6.07, 6.45) is 1.81. The number of benzene rings is 1. The van der Waals surface area contributed by atoms with Crippen molar-refractivity contribution >= 4 is 16.5 Å². The molecule has 2 aromatic rings. The summed E-state index contributed by atoms with van der Waals surface area (Å²) in [5.41, 5.74) is 6.79. The van der Waals surface area contributed by atoms with E-state index in [-0.39, 0.29) is 0 Å². The first-order valence-corrected chi connectivity index (χ1v) is 7.21. The number of rotatable bonds is 8. The summed E-state index contributed by atoms with van der Waals surface area (Å²) in [5, 5.41) is 3.97. The number of nitrogen functional groups attached to an aromatic ring is 1. The van der Waals surface area contributed by atoms with Gasteiger partial charge in [-0.05, 0) is 17.7 Å². The van der Waals surface area contributed by atoms with E-state index in [1.807, 2.05) is 12.1 Å². The molecule has 0 aliphatic rings. The van der Waals surface area contributed by atoms with Gasteiger partial charge in [-0.2, -0.15) is 0 Å². The molecule has 0 radical (unpaired) electrons. The van der Waals surface area contributed by atoms with Gasteiger partial charge >= 0.3 is 0 Å². The third-order valence-electron chi connectivity index (χ3n) is 2.68. The molecule has 0 unspecified atom stereocenters. The van der Waals surface area contributed by atoms with Crippen LogP contribution in [0.15, 0.2) is 30.5 Å². The Morgan fingerprint density at radius 2 is 2.00 bits per heavy atom. The van der Waals surface area contributed by atoms with Gasteiger partial charge < -0.3 is 20.5 Å². The van der Waals surface area contributed by atoms with Gasteiger partial charge in [-0.3, -0.25) is 0 Å². The van der Waals surface area contributed by atoms with E-state index in [9.17, 15) is 0 Å². The number of nitrogens with two attached hydrogens (primary N) is 1. The van der Waals surface area contributed by atoms with Gasteiger partial charge in [-0.1, -0.05) is 12.1 Å². The molecule has 0 aliphatic heterocycles. The first kappa shape index (κ1) is 14.8. The Morgan fingerprint density at radius 3 is 2.65 bits per heavy atom. The van der Waals surface area contributed by atoms with Crippen molar-refractivity contribution in [1.82, 2.24) is 10.3 Å². The molecule has 20 heavy (non-hydrogen) atoms. The molecule has 6 heteroatoms. The topological polar surface area (TPSA) is 69.4 Å². The third kappa shape index (κ3) is 4.80. The summed E-state index contributed by atoms with van der Waals surface area (Å²) in [5.74, 6) is 0.862. The number of anilines is 1. The number of methoxy groups -OCH3 is 1. The third-order valence-corrected chi connectivity index (χ3v) is 3.51. The summed E-state index contributed by atoms with van der Waals surface area (Å²) < 4.78 is 10.4. The molecule has 108 valence electrons. The summed E-state index contributed by atoms with van der Waals surface area (Å²) in [6.45, 7) is 2.75. The van der Waals surface area contributed by atoms with Crippen LogP contribution in [0.5, 0.6) is 5.75 Å². The van der Waals surface area contributed by atoms with Crippen LogP contribution >= 0.6 is 11.3 Å². The average molecular weight is 293 g/mol. The van der Waals surface area contributed by atoms with Gasteiger partial charge in [-0.25, -0.2) is 4.98 Å². The fourth-order valence-electron chi connectivity index (χ4n) is 1.68. The van der Waals surface area contributed by atoms with Crippen molar-refractivity contribution in [3.8, 4) is 5.75 Å². The molecule has 0 saturated heterocycles. The summed E-state index contributed by atoms with van der Waals surface area (Å²) in [4.78, 5) is 5.16. The number of hydrogen-bond donors (Lipinski definition) is 2. The molecule has 0 bridgehead atoms. The minimum atomic E-state index is 0.570. The van der Waals surface area contributed by atoms with Crippen LogP contribution in [0.2, 0.25) is 0 Å². The Morgan fingerprint density at radius 1 is 1.20 bits per heavy atom. The van der Waals surface area contributed by atoms with E-state index >= 15 is 0 Å². The van der Waals surface area contributed by atoms with Gasteiger partial charge in [0.25, 0.3) is 0 Å². The lowest BCUT2D eigenvalue weighted by Crippen LogP contribution is -2.11. The number of thiazole rings is 1. The lowest BCUT2D eigenvalue weighted by molar-refractivity contribution is 0.146. The van der Waals surface area contributed by atoms with Crippen molar-refractivity contribution in [1.29, 1.82) is 0 Å². The Labute approximate surface area is 122 Å². The van der Waals surface area contributed by atoms with Gasteiger partial charge in [0.2, 0.25) is 0 Å². The predicted molar refractivity (Wildman–Crippen MR) is 80.9 cm³/mol. The normalized spacial score (nSPS) is 10.7. The van der Waals surface area contributed by atoms with Crippen LogP contribution in [0.1, 0.15) is 10.4 Å². The molecule has 0 amide bonds. The molecule has 0 atom stereocenters. The molecule has 5 nitrogen and oxygen atoms in total. The van der Waals surface area contributed by atoms with E-state index in [2.05, 4.69) is 22.4 Å². The maximum atomic E-state index is 5.58. The number of hydrogen-bond acceptors (Lipinski definition) is 6. The van der Waals surface area contributed by atoms with Crippen molar-refractivity contribution in [3.63, 3.8) is 0 Å². The molecule has 1 heterocycles. The van der Waals surface area contributed by atoms with Gasteiger partial charge in [0.05, 0.1) is 6.61 Å². The highest BCUT2D eigenvalue weighted by Gasteiger charge is 1.99. The zero-order chi connectivity index (χ0) is 14.2. The average Bonchev–Trinajstić information content (AvgIpc) is 2.87. The second-order valence-electron chi connectivity index (χ2n) is 4.25. The molecule has 0 saturated carbocycles. The van der Waals surface area contributed by atoms with Crippen LogP contribution in [0.25, 0.3) is 0 Å². The Bertz CT molecular complexity index is 513. The molecule has 0 aliphatic carbocycles. The molecule has 1 aromatic heterocycles. The van der Waals surface area contributed by atoms with E-state index < -0.39 is 0 Å². The zero-order valence-corrected chi connectivity index (χ0v) is 12.3. The highest BCUT2D eigenvalue weighted by atomic mass is 32.1. The van der Waals surface area contributed by atoms with E-state index in [4.69, 9.17) is 15.2 Å². The van der Waals surface area contributed by atoms with Crippen molar-refractivity contribution in [2.24, 2.45) is 0 Å². The van der Waals surface area contributed by atoms with E-state index in [0.29, 0.717) is 18.3 Å². The Hall–Kier alpha value is -1.63. The van der Waals surface area contributed by atoms with Crippen LogP contribution in [-0.2, 0) is 17.8 Å². The first-order chi connectivity index (χ1) is 9.78. The number of aromatic nitrogens is 1.